The molecule has 4 nitrogen and oxygen atoms in total. The van der Waals surface area contributed by atoms with E-state index in [0.717, 1.165) is 44.9 Å². The highest BCUT2D eigenvalue weighted by molar-refractivity contribution is 5.68. The molecule has 0 aromatic heterocycles. The van der Waals surface area contributed by atoms with Crippen LogP contribution in [0.15, 0.2) is 0 Å². The first kappa shape index (κ1) is 17.6. The van der Waals surface area contributed by atoms with Crippen LogP contribution in [0.3, 0.4) is 0 Å². The Morgan fingerprint density at radius 3 is 2.59 bits per heavy atom. The predicted octanol–water partition coefficient (Wildman–Crippen LogP) is 3.87. The van der Waals surface area contributed by atoms with Crippen LogP contribution in [0.1, 0.15) is 72.1 Å². The maximum absolute atomic E-state index is 12.3. The van der Waals surface area contributed by atoms with Crippen LogP contribution >= 0.6 is 0 Å². The topological polar surface area (TPSA) is 58.6 Å². The van der Waals surface area contributed by atoms with Gasteiger partial charge in [-0.3, -0.25) is 0 Å². The summed E-state index contributed by atoms with van der Waals surface area (Å²) in [5, 5.41) is 13.0. The van der Waals surface area contributed by atoms with E-state index in [2.05, 4.69) is 26.1 Å². The molecule has 128 valence electrons. The van der Waals surface area contributed by atoms with Gasteiger partial charge >= 0.3 is 6.09 Å². The largest absolute Gasteiger partial charge is 0.446 e. The third-order valence-corrected chi connectivity index (χ3v) is 5.50. The summed E-state index contributed by atoms with van der Waals surface area (Å²) >= 11 is 0. The number of rotatable bonds is 3. The number of alkyl carbamates (subject to hydrolysis) is 1. The van der Waals surface area contributed by atoms with Gasteiger partial charge in [0.2, 0.25) is 0 Å². The molecule has 0 bridgehead atoms. The molecule has 0 radical (unpaired) electrons. The van der Waals surface area contributed by atoms with E-state index in [4.69, 9.17) is 4.74 Å². The predicted molar refractivity (Wildman–Crippen MR) is 87.6 cm³/mol. The van der Waals surface area contributed by atoms with Gasteiger partial charge in [0, 0.05) is 0 Å². The van der Waals surface area contributed by atoms with Gasteiger partial charge in [0.25, 0.3) is 0 Å². The summed E-state index contributed by atoms with van der Waals surface area (Å²) in [5.41, 5.74) is 0. The smallest absolute Gasteiger partial charge is 0.407 e. The summed E-state index contributed by atoms with van der Waals surface area (Å²) < 4.78 is 5.77. The zero-order valence-electron chi connectivity index (χ0n) is 14.4. The van der Waals surface area contributed by atoms with Gasteiger partial charge in [-0.05, 0) is 43.4 Å². The number of hydrogen-bond donors (Lipinski definition) is 2. The summed E-state index contributed by atoms with van der Waals surface area (Å²) in [6, 6.07) is -0.145. The molecule has 2 aliphatic rings. The van der Waals surface area contributed by atoms with Gasteiger partial charge < -0.3 is 15.2 Å². The van der Waals surface area contributed by atoms with Crippen molar-refractivity contribution in [3.63, 3.8) is 0 Å². The molecule has 0 saturated heterocycles. The molecular formula is C18H33NO3. The Balaban J connectivity index is 1.88. The lowest BCUT2D eigenvalue weighted by molar-refractivity contribution is 0.00162. The van der Waals surface area contributed by atoms with E-state index in [1.54, 1.807) is 0 Å². The van der Waals surface area contributed by atoms with Gasteiger partial charge in [-0.1, -0.05) is 46.5 Å². The standard InChI is InChI=1S/C18H33NO3/c1-12(2)14-10-9-13(3)11-17(14)22-18(21)19-15-7-5-4-6-8-16(15)20/h12-17,20H,4-11H2,1-3H3,(H,19,21)/t13-,14+,15?,16?,17-/m1/s1. The molecule has 2 N–H and O–H groups in total. The third kappa shape index (κ3) is 4.87. The minimum atomic E-state index is -0.429. The van der Waals surface area contributed by atoms with Crippen LogP contribution in [0.5, 0.6) is 0 Å². The zero-order chi connectivity index (χ0) is 16.1. The summed E-state index contributed by atoms with van der Waals surface area (Å²) in [4.78, 5) is 12.3. The molecule has 2 fully saturated rings. The number of ether oxygens (including phenoxy) is 1. The first-order chi connectivity index (χ1) is 10.5. The van der Waals surface area contributed by atoms with Crippen molar-refractivity contribution in [2.24, 2.45) is 17.8 Å². The lowest BCUT2D eigenvalue weighted by Gasteiger charge is -2.37. The number of hydrogen-bond acceptors (Lipinski definition) is 3. The fourth-order valence-corrected chi connectivity index (χ4v) is 4.03. The van der Waals surface area contributed by atoms with E-state index in [9.17, 15) is 9.90 Å². The molecule has 5 atom stereocenters. The molecule has 2 rings (SSSR count). The second-order valence-corrected chi connectivity index (χ2v) is 7.73. The molecule has 2 saturated carbocycles. The second-order valence-electron chi connectivity index (χ2n) is 7.73. The van der Waals surface area contributed by atoms with Crippen LogP contribution in [0.2, 0.25) is 0 Å². The second kappa shape index (κ2) is 8.19. The van der Waals surface area contributed by atoms with Crippen LogP contribution in [0.4, 0.5) is 4.79 Å². The van der Waals surface area contributed by atoms with Gasteiger partial charge in [0.15, 0.2) is 0 Å². The number of amides is 1. The van der Waals surface area contributed by atoms with Crippen molar-refractivity contribution in [1.82, 2.24) is 5.32 Å². The highest BCUT2D eigenvalue weighted by Crippen LogP contribution is 2.35. The van der Waals surface area contributed by atoms with E-state index in [1.165, 1.54) is 6.42 Å². The number of carbonyl (C=O) groups excluding carboxylic acids is 1. The van der Waals surface area contributed by atoms with Crippen molar-refractivity contribution in [3.8, 4) is 0 Å². The maximum Gasteiger partial charge on any atom is 0.407 e. The highest BCUT2D eigenvalue weighted by atomic mass is 16.6. The fourth-order valence-electron chi connectivity index (χ4n) is 4.03. The van der Waals surface area contributed by atoms with Crippen molar-refractivity contribution >= 4 is 6.09 Å². The Hall–Kier alpha value is -0.770. The summed E-state index contributed by atoms with van der Waals surface area (Å²) in [6.45, 7) is 6.66. The normalized spacial score (nSPS) is 36.7. The first-order valence-electron chi connectivity index (χ1n) is 9.12. The molecule has 22 heavy (non-hydrogen) atoms. The van der Waals surface area contributed by atoms with Crippen molar-refractivity contribution in [2.75, 3.05) is 0 Å². The Labute approximate surface area is 135 Å². The molecule has 2 unspecified atom stereocenters. The molecule has 0 heterocycles. The van der Waals surface area contributed by atoms with Crippen molar-refractivity contribution < 1.29 is 14.6 Å². The summed E-state index contributed by atoms with van der Waals surface area (Å²) in [7, 11) is 0. The number of aliphatic hydroxyl groups is 1. The molecule has 4 heteroatoms. The van der Waals surface area contributed by atoms with E-state index in [0.29, 0.717) is 17.8 Å². The third-order valence-electron chi connectivity index (χ3n) is 5.50. The molecule has 0 aromatic rings. The lowest BCUT2D eigenvalue weighted by atomic mass is 9.75. The van der Waals surface area contributed by atoms with Crippen molar-refractivity contribution in [3.05, 3.63) is 0 Å². The summed E-state index contributed by atoms with van der Waals surface area (Å²) in [5.74, 6) is 1.62. The average Bonchev–Trinajstić information content (AvgIpc) is 2.64. The molecular weight excluding hydrogens is 278 g/mol. The van der Waals surface area contributed by atoms with Crippen LogP contribution in [0, 0.1) is 17.8 Å². The van der Waals surface area contributed by atoms with Crippen LogP contribution in [-0.4, -0.2) is 29.4 Å². The van der Waals surface area contributed by atoms with Gasteiger partial charge in [0.1, 0.15) is 6.10 Å². The van der Waals surface area contributed by atoms with Gasteiger partial charge in [-0.25, -0.2) is 4.79 Å². The van der Waals surface area contributed by atoms with Gasteiger partial charge in [0.05, 0.1) is 12.1 Å². The molecule has 2 aliphatic carbocycles. The first-order valence-corrected chi connectivity index (χ1v) is 9.12. The van der Waals surface area contributed by atoms with E-state index in [1.807, 2.05) is 0 Å². The SMILES string of the molecule is CC(C)[C@@H]1CC[C@@H](C)C[C@H]1OC(=O)NC1CCCCCC1O. The number of carbonyl (C=O) groups is 1. The molecule has 0 spiro atoms. The Morgan fingerprint density at radius 2 is 1.86 bits per heavy atom. The number of nitrogens with one attached hydrogen (secondary N) is 1. The molecule has 1 amide bonds. The van der Waals surface area contributed by atoms with Crippen LogP contribution in [-0.2, 0) is 4.74 Å². The van der Waals surface area contributed by atoms with Crippen LogP contribution in [0.25, 0.3) is 0 Å². The summed E-state index contributed by atoms with van der Waals surface area (Å²) in [6.07, 6.45) is 7.47. The Kier molecular flexibility index (Phi) is 6.54. The zero-order valence-corrected chi connectivity index (χ0v) is 14.4. The van der Waals surface area contributed by atoms with E-state index in [-0.39, 0.29) is 18.2 Å². The maximum atomic E-state index is 12.3. The van der Waals surface area contributed by atoms with Gasteiger partial charge in [-0.15, -0.1) is 0 Å². The monoisotopic (exact) mass is 311 g/mol. The average molecular weight is 311 g/mol. The Bertz CT molecular complexity index is 358. The number of aliphatic hydroxyl groups excluding tert-OH is 1. The van der Waals surface area contributed by atoms with Crippen LogP contribution < -0.4 is 5.32 Å². The fraction of sp³-hybridized carbons (Fsp3) is 0.944. The van der Waals surface area contributed by atoms with Crippen molar-refractivity contribution in [2.45, 2.75) is 90.4 Å². The minimum Gasteiger partial charge on any atom is -0.446 e. The Morgan fingerprint density at radius 1 is 1.14 bits per heavy atom. The quantitative estimate of drug-likeness (QED) is 0.778. The van der Waals surface area contributed by atoms with Crippen molar-refractivity contribution in [1.29, 1.82) is 0 Å². The van der Waals surface area contributed by atoms with E-state index < -0.39 is 6.10 Å². The minimum absolute atomic E-state index is 0.0201. The molecule has 0 aliphatic heterocycles. The van der Waals surface area contributed by atoms with Gasteiger partial charge in [-0.2, -0.15) is 0 Å². The molecule has 0 aromatic carbocycles. The lowest BCUT2D eigenvalue weighted by Crippen LogP contribution is -2.46. The van der Waals surface area contributed by atoms with E-state index >= 15 is 0 Å². The highest BCUT2D eigenvalue weighted by Gasteiger charge is 2.34.